The quantitative estimate of drug-likeness (QED) is 0.619. The standard InChI is InChI=1S/C9H18N2O/c1-4-9(12)11(3)7-5-6-8(2)10/h4,8H,1,5-7,10H2,2-3H3. The average molecular weight is 170 g/mol. The van der Waals surface area contributed by atoms with E-state index in [4.69, 9.17) is 5.73 Å². The first-order chi connectivity index (χ1) is 5.57. The minimum Gasteiger partial charge on any atom is -0.342 e. The molecule has 1 atom stereocenters. The maximum Gasteiger partial charge on any atom is 0.245 e. The van der Waals surface area contributed by atoms with E-state index in [1.165, 1.54) is 6.08 Å². The number of hydrogen-bond donors (Lipinski definition) is 1. The van der Waals surface area contributed by atoms with Crippen molar-refractivity contribution in [2.45, 2.75) is 25.8 Å². The van der Waals surface area contributed by atoms with Crippen LogP contribution in [0.25, 0.3) is 0 Å². The molecule has 2 N–H and O–H groups in total. The summed E-state index contributed by atoms with van der Waals surface area (Å²) >= 11 is 0. The summed E-state index contributed by atoms with van der Waals surface area (Å²) in [5, 5.41) is 0. The molecule has 0 aliphatic rings. The van der Waals surface area contributed by atoms with Crippen molar-refractivity contribution in [3.8, 4) is 0 Å². The van der Waals surface area contributed by atoms with E-state index in [-0.39, 0.29) is 11.9 Å². The maximum absolute atomic E-state index is 11.0. The second-order valence-corrected chi connectivity index (χ2v) is 3.08. The molecular weight excluding hydrogens is 152 g/mol. The van der Waals surface area contributed by atoms with Gasteiger partial charge < -0.3 is 10.6 Å². The van der Waals surface area contributed by atoms with Gasteiger partial charge in [0.15, 0.2) is 0 Å². The van der Waals surface area contributed by atoms with E-state index in [1.54, 1.807) is 11.9 Å². The van der Waals surface area contributed by atoms with E-state index in [2.05, 4.69) is 6.58 Å². The largest absolute Gasteiger partial charge is 0.342 e. The number of likely N-dealkylation sites (N-methyl/N-ethyl adjacent to an activating group) is 1. The Morgan fingerprint density at radius 3 is 2.75 bits per heavy atom. The number of rotatable bonds is 5. The molecule has 1 amide bonds. The monoisotopic (exact) mass is 170 g/mol. The highest BCUT2D eigenvalue weighted by atomic mass is 16.2. The fourth-order valence-corrected chi connectivity index (χ4v) is 0.916. The van der Waals surface area contributed by atoms with Crippen LogP contribution in [0.4, 0.5) is 0 Å². The minimum atomic E-state index is -0.0281. The Bertz CT molecular complexity index is 155. The van der Waals surface area contributed by atoms with Crippen molar-refractivity contribution >= 4 is 5.91 Å². The predicted octanol–water partition coefficient (Wildman–Crippen LogP) is 0.758. The van der Waals surface area contributed by atoms with Gasteiger partial charge in [0.25, 0.3) is 0 Å². The van der Waals surface area contributed by atoms with Gasteiger partial charge in [0.1, 0.15) is 0 Å². The molecule has 0 saturated heterocycles. The van der Waals surface area contributed by atoms with Crippen LogP contribution in [0.5, 0.6) is 0 Å². The molecule has 3 heteroatoms. The topological polar surface area (TPSA) is 46.3 Å². The summed E-state index contributed by atoms with van der Waals surface area (Å²) in [6.07, 6.45) is 3.23. The van der Waals surface area contributed by atoms with Gasteiger partial charge in [-0.15, -0.1) is 0 Å². The molecule has 0 spiro atoms. The Labute approximate surface area is 74.2 Å². The van der Waals surface area contributed by atoms with Gasteiger partial charge in [-0.2, -0.15) is 0 Å². The van der Waals surface area contributed by atoms with Crippen molar-refractivity contribution in [3.63, 3.8) is 0 Å². The van der Waals surface area contributed by atoms with E-state index >= 15 is 0 Å². The first kappa shape index (κ1) is 11.2. The fraction of sp³-hybridized carbons (Fsp3) is 0.667. The maximum atomic E-state index is 11.0. The van der Waals surface area contributed by atoms with Crippen LogP contribution in [-0.4, -0.2) is 30.4 Å². The Morgan fingerprint density at radius 2 is 2.33 bits per heavy atom. The molecule has 0 aliphatic heterocycles. The SMILES string of the molecule is C=CC(=O)N(C)CCCC(C)N. The number of carbonyl (C=O) groups is 1. The van der Waals surface area contributed by atoms with Crippen molar-refractivity contribution < 1.29 is 4.79 Å². The Kier molecular flexibility index (Phi) is 5.37. The molecule has 0 rings (SSSR count). The van der Waals surface area contributed by atoms with Gasteiger partial charge in [0.2, 0.25) is 5.91 Å². The summed E-state index contributed by atoms with van der Waals surface area (Å²) in [7, 11) is 1.77. The highest BCUT2D eigenvalue weighted by Gasteiger charge is 2.03. The van der Waals surface area contributed by atoms with Crippen molar-refractivity contribution in [2.24, 2.45) is 5.73 Å². The lowest BCUT2D eigenvalue weighted by atomic mass is 10.2. The molecule has 12 heavy (non-hydrogen) atoms. The van der Waals surface area contributed by atoms with Gasteiger partial charge in [-0.1, -0.05) is 6.58 Å². The van der Waals surface area contributed by atoms with Crippen LogP contribution in [0.15, 0.2) is 12.7 Å². The number of hydrogen-bond acceptors (Lipinski definition) is 2. The normalized spacial score (nSPS) is 12.2. The Morgan fingerprint density at radius 1 is 1.75 bits per heavy atom. The van der Waals surface area contributed by atoms with Crippen molar-refractivity contribution in [1.82, 2.24) is 4.90 Å². The number of carbonyl (C=O) groups excluding carboxylic acids is 1. The second kappa shape index (κ2) is 5.77. The summed E-state index contributed by atoms with van der Waals surface area (Å²) in [4.78, 5) is 12.6. The predicted molar refractivity (Wildman–Crippen MR) is 50.7 cm³/mol. The Hall–Kier alpha value is -0.830. The van der Waals surface area contributed by atoms with E-state index in [9.17, 15) is 4.79 Å². The lowest BCUT2D eigenvalue weighted by Gasteiger charge is -2.15. The van der Waals surface area contributed by atoms with Crippen molar-refractivity contribution in [3.05, 3.63) is 12.7 Å². The van der Waals surface area contributed by atoms with Crippen LogP contribution < -0.4 is 5.73 Å². The zero-order chi connectivity index (χ0) is 9.56. The average Bonchev–Trinajstić information content (AvgIpc) is 2.02. The summed E-state index contributed by atoms with van der Waals surface area (Å²) in [6.45, 7) is 6.13. The van der Waals surface area contributed by atoms with E-state index in [0.29, 0.717) is 0 Å². The van der Waals surface area contributed by atoms with Crippen LogP contribution in [0, 0.1) is 0 Å². The molecule has 0 radical (unpaired) electrons. The van der Waals surface area contributed by atoms with Crippen LogP contribution in [0.2, 0.25) is 0 Å². The van der Waals surface area contributed by atoms with Crippen LogP contribution in [0.1, 0.15) is 19.8 Å². The molecule has 0 saturated carbocycles. The number of amides is 1. The van der Waals surface area contributed by atoms with Crippen LogP contribution in [0.3, 0.4) is 0 Å². The third-order valence-corrected chi connectivity index (χ3v) is 1.70. The zero-order valence-corrected chi connectivity index (χ0v) is 7.92. The highest BCUT2D eigenvalue weighted by Crippen LogP contribution is 1.96. The zero-order valence-electron chi connectivity index (χ0n) is 7.92. The molecule has 0 aromatic heterocycles. The molecular formula is C9H18N2O. The van der Waals surface area contributed by atoms with Gasteiger partial charge >= 0.3 is 0 Å². The molecule has 1 unspecified atom stereocenters. The molecule has 0 aromatic carbocycles. The van der Waals surface area contributed by atoms with Gasteiger partial charge in [-0.05, 0) is 25.8 Å². The summed E-state index contributed by atoms with van der Waals surface area (Å²) < 4.78 is 0. The van der Waals surface area contributed by atoms with Gasteiger partial charge in [0, 0.05) is 19.6 Å². The molecule has 70 valence electrons. The van der Waals surface area contributed by atoms with Gasteiger partial charge in [-0.3, -0.25) is 4.79 Å². The number of nitrogens with two attached hydrogens (primary N) is 1. The molecule has 0 bridgehead atoms. The summed E-state index contributed by atoms with van der Waals surface area (Å²) in [5.41, 5.74) is 5.56. The summed E-state index contributed by atoms with van der Waals surface area (Å²) in [6, 6.07) is 0.220. The molecule has 0 aromatic rings. The Balaban J connectivity index is 3.50. The lowest BCUT2D eigenvalue weighted by molar-refractivity contribution is -0.124. The van der Waals surface area contributed by atoms with E-state index in [1.807, 2.05) is 6.92 Å². The number of nitrogens with zero attached hydrogens (tertiary/aromatic N) is 1. The van der Waals surface area contributed by atoms with Crippen molar-refractivity contribution in [1.29, 1.82) is 0 Å². The highest BCUT2D eigenvalue weighted by molar-refractivity contribution is 5.86. The van der Waals surface area contributed by atoms with Crippen LogP contribution in [-0.2, 0) is 4.79 Å². The van der Waals surface area contributed by atoms with Crippen molar-refractivity contribution in [2.75, 3.05) is 13.6 Å². The lowest BCUT2D eigenvalue weighted by Crippen LogP contribution is -2.27. The summed E-state index contributed by atoms with van der Waals surface area (Å²) in [5.74, 6) is -0.0281. The van der Waals surface area contributed by atoms with E-state index < -0.39 is 0 Å². The fourth-order valence-electron chi connectivity index (χ4n) is 0.916. The third-order valence-electron chi connectivity index (χ3n) is 1.70. The van der Waals surface area contributed by atoms with Crippen LogP contribution >= 0.6 is 0 Å². The molecule has 0 aliphatic carbocycles. The molecule has 0 fully saturated rings. The molecule has 3 nitrogen and oxygen atoms in total. The van der Waals surface area contributed by atoms with E-state index in [0.717, 1.165) is 19.4 Å². The van der Waals surface area contributed by atoms with Gasteiger partial charge in [-0.25, -0.2) is 0 Å². The first-order valence-electron chi connectivity index (χ1n) is 4.21. The third kappa shape index (κ3) is 4.91. The molecule has 0 heterocycles. The van der Waals surface area contributed by atoms with Gasteiger partial charge in [0.05, 0.1) is 0 Å². The first-order valence-corrected chi connectivity index (χ1v) is 4.21. The minimum absolute atomic E-state index is 0.0281. The second-order valence-electron chi connectivity index (χ2n) is 3.08. The smallest absolute Gasteiger partial charge is 0.245 e.